The quantitative estimate of drug-likeness (QED) is 0.412. The third-order valence-corrected chi connectivity index (χ3v) is 8.03. The number of rotatable bonds is 7. The van der Waals surface area contributed by atoms with Gasteiger partial charge in [-0.1, -0.05) is 60.7 Å². The molecule has 7 heteroatoms. The van der Waals surface area contributed by atoms with Gasteiger partial charge in [-0.3, -0.25) is 9.10 Å². The fourth-order valence-electron chi connectivity index (χ4n) is 4.42. The topological polar surface area (TPSA) is 75.7 Å². The van der Waals surface area contributed by atoms with E-state index in [-0.39, 0.29) is 17.4 Å². The average molecular weight is 487 g/mol. The minimum atomic E-state index is -3.68. The lowest BCUT2D eigenvalue weighted by molar-refractivity contribution is -0.123. The largest absolute Gasteiger partial charge is 0.484 e. The Morgan fingerprint density at radius 2 is 1.63 bits per heavy atom. The minimum Gasteiger partial charge on any atom is -0.484 e. The Balaban J connectivity index is 1.20. The first-order valence-electron chi connectivity index (χ1n) is 11.6. The molecule has 1 aliphatic heterocycles. The highest BCUT2D eigenvalue weighted by Gasteiger charge is 2.28. The molecule has 1 aliphatic rings. The fraction of sp³-hybridized carbons (Fsp3) is 0.179. The van der Waals surface area contributed by atoms with Crippen LogP contribution in [0, 0.1) is 0 Å². The molecule has 0 fully saturated rings. The van der Waals surface area contributed by atoms with Gasteiger partial charge < -0.3 is 10.1 Å². The normalized spacial score (nSPS) is 13.3. The predicted octanol–water partition coefficient (Wildman–Crippen LogP) is 4.68. The zero-order chi connectivity index (χ0) is 24.3. The van der Waals surface area contributed by atoms with Gasteiger partial charge in [-0.2, -0.15) is 0 Å². The van der Waals surface area contributed by atoms with Gasteiger partial charge in [-0.25, -0.2) is 8.42 Å². The molecule has 1 heterocycles. The van der Waals surface area contributed by atoms with Crippen molar-refractivity contribution >= 4 is 32.4 Å². The molecule has 0 saturated carbocycles. The van der Waals surface area contributed by atoms with Crippen LogP contribution in [0.15, 0.2) is 95.9 Å². The van der Waals surface area contributed by atoms with Crippen LogP contribution in [0.5, 0.6) is 5.75 Å². The summed E-state index contributed by atoms with van der Waals surface area (Å²) in [6, 6.07) is 27.9. The fourth-order valence-corrected chi connectivity index (χ4v) is 5.97. The summed E-state index contributed by atoms with van der Waals surface area (Å²) in [6.45, 7) is 0.697. The van der Waals surface area contributed by atoms with Gasteiger partial charge in [0.2, 0.25) is 0 Å². The van der Waals surface area contributed by atoms with Crippen molar-refractivity contribution in [1.82, 2.24) is 5.32 Å². The van der Waals surface area contributed by atoms with E-state index < -0.39 is 10.0 Å². The number of amides is 1. The molecule has 0 radical (unpaired) electrons. The molecule has 0 unspecified atom stereocenters. The number of para-hydroxylation sites is 1. The molecule has 0 saturated heterocycles. The van der Waals surface area contributed by atoms with Crippen LogP contribution in [-0.2, 0) is 27.8 Å². The highest BCUT2D eigenvalue weighted by atomic mass is 32.2. The number of fused-ring (bicyclic) bond motifs is 2. The van der Waals surface area contributed by atoms with E-state index in [1.165, 1.54) is 16.4 Å². The van der Waals surface area contributed by atoms with Gasteiger partial charge in [-0.05, 0) is 65.1 Å². The summed E-state index contributed by atoms with van der Waals surface area (Å²) in [5.41, 5.74) is 2.81. The molecule has 0 bridgehead atoms. The Kier molecular flexibility index (Phi) is 6.42. The Bertz CT molecular complexity index is 1460. The molecule has 0 atom stereocenters. The molecule has 4 aromatic carbocycles. The Morgan fingerprint density at radius 3 is 2.49 bits per heavy atom. The smallest absolute Gasteiger partial charge is 0.264 e. The lowest BCUT2D eigenvalue weighted by Crippen LogP contribution is -2.35. The van der Waals surface area contributed by atoms with Crippen LogP contribution in [0.3, 0.4) is 0 Å². The number of hydrogen-bond acceptors (Lipinski definition) is 4. The van der Waals surface area contributed by atoms with Crippen molar-refractivity contribution in [3.05, 3.63) is 102 Å². The Hall–Kier alpha value is -3.84. The lowest BCUT2D eigenvalue weighted by Gasteiger charge is -2.30. The van der Waals surface area contributed by atoms with Crippen molar-refractivity contribution in [2.24, 2.45) is 0 Å². The van der Waals surface area contributed by atoms with Gasteiger partial charge in [0.15, 0.2) is 6.61 Å². The van der Waals surface area contributed by atoms with Gasteiger partial charge in [0.05, 0.1) is 10.6 Å². The number of carbonyl (C=O) groups excluding carboxylic acids is 1. The van der Waals surface area contributed by atoms with Crippen LogP contribution in [0.2, 0.25) is 0 Å². The van der Waals surface area contributed by atoms with Crippen LogP contribution in [-0.4, -0.2) is 27.5 Å². The maximum absolute atomic E-state index is 13.3. The summed E-state index contributed by atoms with van der Waals surface area (Å²) in [5, 5.41) is 5.11. The van der Waals surface area contributed by atoms with Crippen molar-refractivity contribution in [2.75, 3.05) is 17.5 Å². The monoisotopic (exact) mass is 486 g/mol. The summed E-state index contributed by atoms with van der Waals surface area (Å²) in [6.07, 6.45) is 1.66. The van der Waals surface area contributed by atoms with Crippen LogP contribution in [0.1, 0.15) is 17.5 Å². The molecule has 1 N–H and O–H groups in total. The molecule has 0 aliphatic carbocycles. The first-order chi connectivity index (χ1) is 17.0. The number of carbonyl (C=O) groups is 1. The van der Waals surface area contributed by atoms with Crippen molar-refractivity contribution in [3.8, 4) is 5.75 Å². The van der Waals surface area contributed by atoms with Crippen LogP contribution >= 0.6 is 0 Å². The number of ether oxygens (including phenoxy) is 1. The molecule has 5 rings (SSSR count). The second kappa shape index (κ2) is 9.80. The molecular weight excluding hydrogens is 460 g/mol. The molecule has 0 spiro atoms. The molecule has 6 nitrogen and oxygen atoms in total. The highest BCUT2D eigenvalue weighted by Crippen LogP contribution is 2.32. The molecule has 0 aromatic heterocycles. The van der Waals surface area contributed by atoms with Gasteiger partial charge in [-0.15, -0.1) is 0 Å². The summed E-state index contributed by atoms with van der Waals surface area (Å²) in [4.78, 5) is 12.5. The van der Waals surface area contributed by atoms with Crippen LogP contribution < -0.4 is 14.4 Å². The predicted molar refractivity (Wildman–Crippen MR) is 137 cm³/mol. The van der Waals surface area contributed by atoms with E-state index in [2.05, 4.69) is 5.32 Å². The number of benzene rings is 4. The number of aryl methyl sites for hydroxylation is 1. The summed E-state index contributed by atoms with van der Waals surface area (Å²) in [5.74, 6) is 0.183. The van der Waals surface area contributed by atoms with E-state index in [1.807, 2.05) is 66.7 Å². The van der Waals surface area contributed by atoms with Gasteiger partial charge in [0.1, 0.15) is 5.75 Å². The number of sulfonamides is 1. The lowest BCUT2D eigenvalue weighted by atomic mass is 10.0. The van der Waals surface area contributed by atoms with E-state index in [1.54, 1.807) is 12.1 Å². The molecular formula is C28H26N2O4S. The van der Waals surface area contributed by atoms with Gasteiger partial charge in [0.25, 0.3) is 15.9 Å². The summed E-state index contributed by atoms with van der Waals surface area (Å²) >= 11 is 0. The van der Waals surface area contributed by atoms with Crippen LogP contribution in [0.25, 0.3) is 10.8 Å². The molecule has 4 aromatic rings. The number of nitrogens with zero attached hydrogens (tertiary/aromatic N) is 1. The van der Waals surface area contributed by atoms with E-state index >= 15 is 0 Å². The third-order valence-electron chi connectivity index (χ3n) is 6.21. The van der Waals surface area contributed by atoms with Crippen molar-refractivity contribution in [2.45, 2.75) is 24.3 Å². The number of anilines is 1. The zero-order valence-electron chi connectivity index (χ0n) is 19.2. The van der Waals surface area contributed by atoms with Crippen molar-refractivity contribution in [1.29, 1.82) is 0 Å². The Labute approximate surface area is 205 Å². The molecule has 178 valence electrons. The highest BCUT2D eigenvalue weighted by molar-refractivity contribution is 7.92. The minimum absolute atomic E-state index is 0.156. The summed E-state index contributed by atoms with van der Waals surface area (Å²) < 4.78 is 33.6. The van der Waals surface area contributed by atoms with Crippen LogP contribution in [0.4, 0.5) is 5.69 Å². The number of hydrogen-bond donors (Lipinski definition) is 1. The summed E-state index contributed by atoms with van der Waals surface area (Å²) in [7, 11) is -3.68. The first-order valence-corrected chi connectivity index (χ1v) is 13.0. The third kappa shape index (κ3) is 4.86. The van der Waals surface area contributed by atoms with E-state index in [0.29, 0.717) is 18.8 Å². The molecule has 35 heavy (non-hydrogen) atoms. The van der Waals surface area contributed by atoms with Gasteiger partial charge >= 0.3 is 0 Å². The van der Waals surface area contributed by atoms with Crippen molar-refractivity contribution < 1.29 is 17.9 Å². The zero-order valence-corrected chi connectivity index (χ0v) is 20.0. The Morgan fingerprint density at radius 1 is 0.886 bits per heavy atom. The maximum Gasteiger partial charge on any atom is 0.264 e. The standard InChI is InChI=1S/C28H26N2O4S/c31-28(29-19-23-10-5-9-21-7-1-3-12-26(21)23)20-34-24-14-16-25(17-15-24)35(32,33)30-18-6-11-22-8-2-4-13-27(22)30/h1-5,7-10,12-17H,6,11,18-20H2,(H,29,31). The van der Waals surface area contributed by atoms with E-state index in [0.717, 1.165) is 40.4 Å². The molecule has 1 amide bonds. The van der Waals surface area contributed by atoms with Gasteiger partial charge in [0, 0.05) is 13.1 Å². The number of nitrogens with one attached hydrogen (secondary N) is 1. The average Bonchev–Trinajstić information content (AvgIpc) is 2.90. The SMILES string of the molecule is O=C(COc1ccc(S(=O)(=O)N2CCCc3ccccc32)cc1)NCc1cccc2ccccc12. The first kappa shape index (κ1) is 22.9. The maximum atomic E-state index is 13.3. The second-order valence-corrected chi connectivity index (χ2v) is 10.3. The van der Waals surface area contributed by atoms with E-state index in [4.69, 9.17) is 4.74 Å². The van der Waals surface area contributed by atoms with E-state index in [9.17, 15) is 13.2 Å². The second-order valence-electron chi connectivity index (χ2n) is 8.48. The van der Waals surface area contributed by atoms with Crippen molar-refractivity contribution in [3.63, 3.8) is 0 Å².